The quantitative estimate of drug-likeness (QED) is 0.693. The van der Waals surface area contributed by atoms with Crippen LogP contribution in [0.3, 0.4) is 0 Å². The van der Waals surface area contributed by atoms with E-state index in [1.54, 1.807) is 6.07 Å². The number of aromatic nitrogens is 1. The lowest BCUT2D eigenvalue weighted by atomic mass is 10.0. The summed E-state index contributed by atoms with van der Waals surface area (Å²) in [5.41, 5.74) is 1.78. The van der Waals surface area contributed by atoms with Gasteiger partial charge in [0.05, 0.1) is 15.8 Å². The molecule has 0 aliphatic rings. The molecule has 5 nitrogen and oxygen atoms in total. The fourth-order valence-electron chi connectivity index (χ4n) is 2.72. The molecule has 1 aromatic heterocycles. The second kappa shape index (κ2) is 7.84. The Balaban J connectivity index is 1.77. The summed E-state index contributed by atoms with van der Waals surface area (Å²) >= 11 is 1.37. The molecule has 0 spiro atoms. The molecule has 7 heteroatoms. The zero-order valence-corrected chi connectivity index (χ0v) is 16.1. The van der Waals surface area contributed by atoms with Crippen LogP contribution in [0.2, 0.25) is 0 Å². The number of fused-ring (bicyclic) bond motifs is 1. The van der Waals surface area contributed by atoms with E-state index in [9.17, 15) is 14.0 Å². The van der Waals surface area contributed by atoms with Gasteiger partial charge in [0, 0.05) is 0 Å². The number of nitrogens with zero attached hydrogens (tertiary/aromatic N) is 1. The van der Waals surface area contributed by atoms with Crippen molar-refractivity contribution in [3.63, 3.8) is 0 Å². The molecule has 2 N–H and O–H groups in total. The predicted molar refractivity (Wildman–Crippen MR) is 105 cm³/mol. The number of benzene rings is 2. The van der Waals surface area contributed by atoms with Crippen LogP contribution in [-0.4, -0.2) is 22.8 Å². The van der Waals surface area contributed by atoms with E-state index in [1.165, 1.54) is 29.5 Å². The van der Waals surface area contributed by atoms with Gasteiger partial charge in [-0.2, -0.15) is 0 Å². The summed E-state index contributed by atoms with van der Waals surface area (Å²) in [6.07, 6.45) is 0. The third-order valence-corrected chi connectivity index (χ3v) is 5.14. The van der Waals surface area contributed by atoms with Crippen molar-refractivity contribution >= 4 is 38.5 Å². The molecule has 0 saturated carbocycles. The van der Waals surface area contributed by atoms with E-state index in [2.05, 4.69) is 15.6 Å². The molecule has 0 fully saturated rings. The highest BCUT2D eigenvalue weighted by molar-refractivity contribution is 7.22. The van der Waals surface area contributed by atoms with Gasteiger partial charge in [0.25, 0.3) is 5.91 Å². The van der Waals surface area contributed by atoms with Crippen LogP contribution in [0.5, 0.6) is 0 Å². The summed E-state index contributed by atoms with van der Waals surface area (Å²) in [7, 11) is 0. The maximum absolute atomic E-state index is 13.8. The van der Waals surface area contributed by atoms with E-state index < -0.39 is 17.8 Å². The molecule has 3 aromatic rings. The van der Waals surface area contributed by atoms with E-state index in [0.29, 0.717) is 5.13 Å². The number of amides is 2. The first kappa shape index (κ1) is 19.0. The third-order valence-electron chi connectivity index (χ3n) is 4.21. The molecule has 2 amide bonds. The third kappa shape index (κ3) is 4.14. The first-order chi connectivity index (χ1) is 12.9. The monoisotopic (exact) mass is 385 g/mol. The minimum absolute atomic E-state index is 0.0911. The van der Waals surface area contributed by atoms with Crippen molar-refractivity contribution in [1.82, 2.24) is 10.3 Å². The van der Waals surface area contributed by atoms with Crippen LogP contribution in [0.1, 0.15) is 29.8 Å². The number of anilines is 1. The minimum atomic E-state index is -0.815. The zero-order valence-electron chi connectivity index (χ0n) is 15.2. The lowest BCUT2D eigenvalue weighted by Crippen LogP contribution is -2.47. The average molecular weight is 385 g/mol. The van der Waals surface area contributed by atoms with Gasteiger partial charge in [0.15, 0.2) is 5.13 Å². The van der Waals surface area contributed by atoms with Crippen molar-refractivity contribution in [2.75, 3.05) is 5.32 Å². The summed E-state index contributed by atoms with van der Waals surface area (Å²) in [5, 5.41) is 5.86. The number of aryl methyl sites for hydroxylation is 1. The highest BCUT2D eigenvalue weighted by Gasteiger charge is 2.26. The molecular formula is C20H20FN3O2S. The van der Waals surface area contributed by atoms with E-state index in [-0.39, 0.29) is 17.4 Å². The first-order valence-corrected chi connectivity index (χ1v) is 9.41. The van der Waals surface area contributed by atoms with Crippen molar-refractivity contribution < 1.29 is 14.0 Å². The van der Waals surface area contributed by atoms with E-state index >= 15 is 0 Å². The largest absolute Gasteiger partial charge is 0.340 e. The molecule has 0 aliphatic carbocycles. The Bertz CT molecular complexity index is 1000. The Morgan fingerprint density at radius 2 is 1.85 bits per heavy atom. The van der Waals surface area contributed by atoms with Crippen LogP contribution in [0.4, 0.5) is 9.52 Å². The van der Waals surface area contributed by atoms with Gasteiger partial charge in [-0.1, -0.05) is 49.4 Å². The zero-order chi connectivity index (χ0) is 19.6. The SMILES string of the molecule is Cc1cccc2sc(NC(=O)[C@@H](NC(=O)c3ccccc3F)C(C)C)nc12. The molecule has 0 radical (unpaired) electrons. The minimum Gasteiger partial charge on any atom is -0.340 e. The number of para-hydroxylation sites is 1. The smallest absolute Gasteiger partial charge is 0.254 e. The van der Waals surface area contributed by atoms with Gasteiger partial charge >= 0.3 is 0 Å². The van der Waals surface area contributed by atoms with Gasteiger partial charge < -0.3 is 10.6 Å². The fourth-order valence-corrected chi connectivity index (χ4v) is 3.67. The highest BCUT2D eigenvalue weighted by Crippen LogP contribution is 2.28. The van der Waals surface area contributed by atoms with Crippen LogP contribution in [-0.2, 0) is 4.79 Å². The standard InChI is InChI=1S/C20H20FN3O2S/c1-11(2)16(22-18(25)13-8-4-5-9-14(13)21)19(26)24-20-23-17-12(3)7-6-10-15(17)27-20/h4-11,16H,1-3H3,(H,22,25)(H,23,24,26)/t16-/m0/s1. The van der Waals surface area contributed by atoms with Crippen LogP contribution >= 0.6 is 11.3 Å². The molecule has 2 aromatic carbocycles. The predicted octanol–water partition coefficient (Wildman–Crippen LogP) is 4.14. The van der Waals surface area contributed by atoms with Gasteiger partial charge in [-0.3, -0.25) is 9.59 Å². The Labute approximate surface area is 160 Å². The molecule has 3 rings (SSSR count). The van der Waals surface area contributed by atoms with Crippen LogP contribution in [0, 0.1) is 18.7 Å². The van der Waals surface area contributed by atoms with Crippen LogP contribution in [0.15, 0.2) is 42.5 Å². The average Bonchev–Trinajstić information content (AvgIpc) is 3.03. The highest BCUT2D eigenvalue weighted by atomic mass is 32.1. The summed E-state index contributed by atoms with van der Waals surface area (Å²) in [5.74, 6) is -1.81. The lowest BCUT2D eigenvalue weighted by Gasteiger charge is -2.21. The van der Waals surface area contributed by atoms with Crippen molar-refractivity contribution in [3.8, 4) is 0 Å². The number of hydrogen-bond acceptors (Lipinski definition) is 4. The van der Waals surface area contributed by atoms with Gasteiger partial charge in [-0.05, 0) is 36.6 Å². The summed E-state index contributed by atoms with van der Waals surface area (Å²) in [4.78, 5) is 29.6. The molecule has 1 heterocycles. The number of halogens is 1. The number of carbonyl (C=O) groups is 2. The maximum atomic E-state index is 13.8. The lowest BCUT2D eigenvalue weighted by molar-refractivity contribution is -0.118. The van der Waals surface area contributed by atoms with Crippen molar-refractivity contribution in [3.05, 3.63) is 59.4 Å². The number of thiazole rings is 1. The number of nitrogens with one attached hydrogen (secondary N) is 2. The van der Waals surface area contributed by atoms with E-state index in [1.807, 2.05) is 39.0 Å². The maximum Gasteiger partial charge on any atom is 0.254 e. The van der Waals surface area contributed by atoms with Crippen molar-refractivity contribution in [1.29, 1.82) is 0 Å². The van der Waals surface area contributed by atoms with E-state index in [4.69, 9.17) is 0 Å². The number of hydrogen-bond donors (Lipinski definition) is 2. The van der Waals surface area contributed by atoms with Gasteiger partial charge in [0.1, 0.15) is 11.9 Å². The molecule has 0 saturated heterocycles. The molecule has 140 valence electrons. The number of carbonyl (C=O) groups excluding carboxylic acids is 2. The summed E-state index contributed by atoms with van der Waals surface area (Å²) in [6, 6.07) is 10.7. The van der Waals surface area contributed by atoms with Crippen molar-refractivity contribution in [2.24, 2.45) is 5.92 Å². The van der Waals surface area contributed by atoms with Gasteiger partial charge in [0.2, 0.25) is 5.91 Å². The molecule has 27 heavy (non-hydrogen) atoms. The molecule has 0 unspecified atom stereocenters. The molecular weight excluding hydrogens is 365 g/mol. The Hall–Kier alpha value is -2.80. The first-order valence-electron chi connectivity index (χ1n) is 8.59. The second-order valence-corrected chi connectivity index (χ2v) is 7.64. The number of rotatable bonds is 5. The van der Waals surface area contributed by atoms with Crippen LogP contribution < -0.4 is 10.6 Å². The Morgan fingerprint density at radius 3 is 2.52 bits per heavy atom. The molecule has 0 bridgehead atoms. The Morgan fingerprint density at radius 1 is 1.11 bits per heavy atom. The molecule has 1 atom stereocenters. The Kier molecular flexibility index (Phi) is 5.51. The van der Waals surface area contributed by atoms with Crippen LogP contribution in [0.25, 0.3) is 10.2 Å². The van der Waals surface area contributed by atoms with E-state index in [0.717, 1.165) is 15.8 Å². The summed E-state index contributed by atoms with van der Waals surface area (Å²) < 4.78 is 14.8. The summed E-state index contributed by atoms with van der Waals surface area (Å²) in [6.45, 7) is 5.59. The normalized spacial score (nSPS) is 12.2. The topological polar surface area (TPSA) is 71.1 Å². The fraction of sp³-hybridized carbons (Fsp3) is 0.250. The van der Waals surface area contributed by atoms with Crippen molar-refractivity contribution in [2.45, 2.75) is 26.8 Å². The second-order valence-electron chi connectivity index (χ2n) is 6.60. The van der Waals surface area contributed by atoms with Gasteiger partial charge in [-0.25, -0.2) is 9.37 Å². The molecule has 0 aliphatic heterocycles. The van der Waals surface area contributed by atoms with Gasteiger partial charge in [-0.15, -0.1) is 0 Å².